The number of carbonyl (C=O) groups is 1. The minimum atomic E-state index is 0.161. The molecule has 1 aromatic carbocycles. The number of amides is 1. The van der Waals surface area contributed by atoms with Gasteiger partial charge in [-0.15, -0.1) is 0 Å². The van der Waals surface area contributed by atoms with E-state index in [9.17, 15) is 4.79 Å². The van der Waals surface area contributed by atoms with Crippen molar-refractivity contribution in [1.82, 2.24) is 4.90 Å². The maximum absolute atomic E-state index is 12.4. The number of nitrogens with zero attached hydrogens (tertiary/aromatic N) is 1. The van der Waals surface area contributed by atoms with E-state index in [1.54, 1.807) is 0 Å². The van der Waals surface area contributed by atoms with Crippen molar-refractivity contribution in [3.8, 4) is 0 Å². The Kier molecular flexibility index (Phi) is 5.14. The predicted octanol–water partition coefficient (Wildman–Crippen LogP) is 3.09. The van der Waals surface area contributed by atoms with Crippen LogP contribution in [0.15, 0.2) is 24.3 Å². The lowest BCUT2D eigenvalue weighted by atomic mass is 10.1. The zero-order valence-corrected chi connectivity index (χ0v) is 12.5. The summed E-state index contributed by atoms with van der Waals surface area (Å²) in [6.45, 7) is 7.01. The van der Waals surface area contributed by atoms with Gasteiger partial charge in [0.2, 0.25) is 0 Å². The van der Waals surface area contributed by atoms with Gasteiger partial charge in [0.25, 0.3) is 5.91 Å². The van der Waals surface area contributed by atoms with Gasteiger partial charge in [-0.3, -0.25) is 4.79 Å². The zero-order valence-electron chi connectivity index (χ0n) is 11.7. The van der Waals surface area contributed by atoms with E-state index in [2.05, 4.69) is 19.2 Å². The fourth-order valence-electron chi connectivity index (χ4n) is 2.19. The number of hydrogen-bond acceptors (Lipinski definition) is 3. The fourth-order valence-corrected chi connectivity index (χ4v) is 3.20. The summed E-state index contributed by atoms with van der Waals surface area (Å²) in [6, 6.07) is 7.83. The molecule has 1 N–H and O–H groups in total. The second-order valence-corrected chi connectivity index (χ2v) is 6.48. The second-order valence-electron chi connectivity index (χ2n) is 4.94. The van der Waals surface area contributed by atoms with E-state index in [1.165, 1.54) is 0 Å². The number of anilines is 1. The summed E-state index contributed by atoms with van der Waals surface area (Å²) in [5.41, 5.74) is 1.88. The lowest BCUT2D eigenvalue weighted by Gasteiger charge is -2.30. The summed E-state index contributed by atoms with van der Waals surface area (Å²) in [6.07, 6.45) is 1.10. The van der Waals surface area contributed by atoms with Crippen LogP contribution in [0.3, 0.4) is 0 Å². The average molecular weight is 278 g/mol. The Labute approximate surface area is 119 Å². The van der Waals surface area contributed by atoms with Crippen LogP contribution >= 0.6 is 11.8 Å². The molecule has 1 aliphatic rings. The smallest absolute Gasteiger partial charge is 0.253 e. The van der Waals surface area contributed by atoms with Gasteiger partial charge in [0.1, 0.15) is 0 Å². The predicted molar refractivity (Wildman–Crippen MR) is 83.0 cm³/mol. The van der Waals surface area contributed by atoms with Gasteiger partial charge in [-0.25, -0.2) is 0 Å². The Bertz CT molecular complexity index is 419. The van der Waals surface area contributed by atoms with Crippen molar-refractivity contribution in [3.05, 3.63) is 29.8 Å². The molecule has 104 valence electrons. The first-order valence-corrected chi connectivity index (χ1v) is 8.00. The Morgan fingerprint density at radius 2 is 2.16 bits per heavy atom. The Balaban J connectivity index is 1.98. The molecule has 4 heteroatoms. The molecule has 0 aromatic heterocycles. The van der Waals surface area contributed by atoms with Crippen LogP contribution < -0.4 is 5.32 Å². The van der Waals surface area contributed by atoms with Gasteiger partial charge in [0.05, 0.1) is 0 Å². The molecule has 1 saturated heterocycles. The van der Waals surface area contributed by atoms with Gasteiger partial charge >= 0.3 is 0 Å². The summed E-state index contributed by atoms with van der Waals surface area (Å²) < 4.78 is 0. The number of thioether (sulfide) groups is 1. The van der Waals surface area contributed by atoms with Crippen LogP contribution in [-0.2, 0) is 0 Å². The van der Waals surface area contributed by atoms with E-state index in [-0.39, 0.29) is 5.91 Å². The van der Waals surface area contributed by atoms with Gasteiger partial charge in [-0.1, -0.05) is 13.8 Å². The summed E-state index contributed by atoms with van der Waals surface area (Å²) >= 11 is 1.94. The largest absolute Gasteiger partial charge is 0.385 e. The fraction of sp³-hybridized carbons (Fsp3) is 0.533. The molecule has 0 aliphatic carbocycles. The lowest BCUT2D eigenvalue weighted by Crippen LogP contribution is -2.40. The molecule has 19 heavy (non-hydrogen) atoms. The van der Waals surface area contributed by atoms with Crippen molar-refractivity contribution in [2.24, 2.45) is 0 Å². The third-order valence-electron chi connectivity index (χ3n) is 3.24. The number of benzene rings is 1. The number of carbonyl (C=O) groups excluding carboxylic acids is 1. The first-order valence-electron chi connectivity index (χ1n) is 6.95. The molecule has 1 heterocycles. The third-order valence-corrected chi connectivity index (χ3v) is 4.38. The molecule has 1 aromatic rings. The maximum Gasteiger partial charge on any atom is 0.253 e. The van der Waals surface area contributed by atoms with Crippen LogP contribution in [0.25, 0.3) is 0 Å². The lowest BCUT2D eigenvalue weighted by molar-refractivity contribution is 0.0763. The molecular weight excluding hydrogens is 256 g/mol. The summed E-state index contributed by atoms with van der Waals surface area (Å²) in [7, 11) is 0. The molecule has 1 fully saturated rings. The highest BCUT2D eigenvalue weighted by atomic mass is 32.2. The van der Waals surface area contributed by atoms with Crippen LogP contribution in [0.2, 0.25) is 0 Å². The van der Waals surface area contributed by atoms with Crippen LogP contribution in [-0.4, -0.2) is 41.4 Å². The van der Waals surface area contributed by atoms with Crippen molar-refractivity contribution in [2.75, 3.05) is 30.7 Å². The van der Waals surface area contributed by atoms with Crippen LogP contribution in [0.4, 0.5) is 5.69 Å². The summed E-state index contributed by atoms with van der Waals surface area (Å²) in [4.78, 5) is 14.3. The van der Waals surface area contributed by atoms with E-state index in [4.69, 9.17) is 0 Å². The third kappa shape index (κ3) is 3.90. The van der Waals surface area contributed by atoms with Crippen molar-refractivity contribution in [2.45, 2.75) is 25.5 Å². The van der Waals surface area contributed by atoms with Crippen LogP contribution in [0.1, 0.15) is 30.6 Å². The molecule has 1 atom stereocenters. The SMILES string of the molecule is CCCNc1ccc(C(=O)N2CCSC(C)C2)cc1. The molecule has 3 nitrogen and oxygen atoms in total. The number of rotatable bonds is 4. The Morgan fingerprint density at radius 3 is 2.79 bits per heavy atom. The molecular formula is C15H22N2OS. The summed E-state index contributed by atoms with van der Waals surface area (Å²) in [5.74, 6) is 1.21. The van der Waals surface area contributed by atoms with E-state index in [0.717, 1.165) is 43.1 Å². The maximum atomic E-state index is 12.4. The van der Waals surface area contributed by atoms with Crippen molar-refractivity contribution < 1.29 is 4.79 Å². The van der Waals surface area contributed by atoms with Gasteiger partial charge in [-0.2, -0.15) is 11.8 Å². The first kappa shape index (κ1) is 14.3. The zero-order chi connectivity index (χ0) is 13.7. The minimum Gasteiger partial charge on any atom is -0.385 e. The molecule has 0 saturated carbocycles. The van der Waals surface area contributed by atoms with E-state index >= 15 is 0 Å². The van der Waals surface area contributed by atoms with Crippen molar-refractivity contribution >= 4 is 23.4 Å². The normalized spacial score (nSPS) is 19.3. The highest BCUT2D eigenvalue weighted by Crippen LogP contribution is 2.20. The molecule has 0 radical (unpaired) electrons. The van der Waals surface area contributed by atoms with Crippen molar-refractivity contribution in [3.63, 3.8) is 0 Å². The van der Waals surface area contributed by atoms with Crippen LogP contribution in [0.5, 0.6) is 0 Å². The van der Waals surface area contributed by atoms with Gasteiger partial charge in [0.15, 0.2) is 0 Å². The van der Waals surface area contributed by atoms with Crippen molar-refractivity contribution in [1.29, 1.82) is 0 Å². The molecule has 0 spiro atoms. The molecule has 1 amide bonds. The van der Waals surface area contributed by atoms with Gasteiger partial charge in [0, 0.05) is 41.9 Å². The highest BCUT2D eigenvalue weighted by Gasteiger charge is 2.22. The summed E-state index contributed by atoms with van der Waals surface area (Å²) in [5, 5.41) is 3.86. The van der Waals surface area contributed by atoms with E-state index < -0.39 is 0 Å². The molecule has 2 rings (SSSR count). The monoisotopic (exact) mass is 278 g/mol. The number of nitrogens with one attached hydrogen (secondary N) is 1. The topological polar surface area (TPSA) is 32.3 Å². The molecule has 1 aliphatic heterocycles. The average Bonchev–Trinajstić information content (AvgIpc) is 2.45. The Morgan fingerprint density at radius 1 is 1.42 bits per heavy atom. The van der Waals surface area contributed by atoms with Gasteiger partial charge in [-0.05, 0) is 30.7 Å². The minimum absolute atomic E-state index is 0.161. The van der Waals surface area contributed by atoms with Gasteiger partial charge < -0.3 is 10.2 Å². The molecule has 0 bridgehead atoms. The van der Waals surface area contributed by atoms with Crippen LogP contribution in [0, 0.1) is 0 Å². The molecule has 1 unspecified atom stereocenters. The Hall–Kier alpha value is -1.16. The van der Waals surface area contributed by atoms with E-state index in [0.29, 0.717) is 5.25 Å². The number of hydrogen-bond donors (Lipinski definition) is 1. The first-order chi connectivity index (χ1) is 9.20. The quantitative estimate of drug-likeness (QED) is 0.918. The second kappa shape index (κ2) is 6.85. The highest BCUT2D eigenvalue weighted by molar-refractivity contribution is 7.99. The standard InChI is InChI=1S/C15H22N2OS/c1-3-8-16-14-6-4-13(5-7-14)15(18)17-9-10-19-12(2)11-17/h4-7,12,16H,3,8-11H2,1-2H3. The van der Waals surface area contributed by atoms with E-state index in [1.807, 2.05) is 40.9 Å².